The van der Waals surface area contributed by atoms with Gasteiger partial charge >= 0.3 is 19.8 Å². The summed E-state index contributed by atoms with van der Waals surface area (Å²) >= 11 is 0. The smallest absolute Gasteiger partial charge is 0.462 e. The lowest BCUT2D eigenvalue weighted by atomic mass is 9.85. The Morgan fingerprint density at radius 1 is 0.463 bits per heavy atom. The molecule has 0 saturated heterocycles. The van der Waals surface area contributed by atoms with Gasteiger partial charge in [-0.2, -0.15) is 0 Å². The van der Waals surface area contributed by atoms with E-state index in [2.05, 4.69) is 62.5 Å². The van der Waals surface area contributed by atoms with Crippen LogP contribution < -0.4 is 0 Å². The number of esters is 2. The Hall–Kier alpha value is -2.45. The molecule has 0 spiro atoms. The first-order chi connectivity index (χ1) is 32.4. The van der Waals surface area contributed by atoms with Gasteiger partial charge in [0.1, 0.15) is 43.2 Å². The molecule has 0 heterocycles. The molecule has 0 bridgehead atoms. The molecule has 6 unspecified atom stereocenters. The number of rotatable bonds is 43. The zero-order valence-corrected chi connectivity index (χ0v) is 42.3. The molecule has 1 aliphatic carbocycles. The van der Waals surface area contributed by atoms with Crippen LogP contribution in [0, 0.1) is 0 Å². The lowest BCUT2D eigenvalue weighted by Crippen LogP contribution is -2.64. The Labute approximate surface area is 404 Å². The van der Waals surface area contributed by atoms with Crippen molar-refractivity contribution in [3.63, 3.8) is 0 Å². The van der Waals surface area contributed by atoms with Crippen molar-refractivity contribution in [3.8, 4) is 0 Å². The van der Waals surface area contributed by atoms with Crippen molar-refractivity contribution in [2.24, 2.45) is 0 Å². The van der Waals surface area contributed by atoms with Crippen LogP contribution in [0.5, 0.6) is 0 Å². The van der Waals surface area contributed by atoms with E-state index in [1.807, 2.05) is 12.2 Å². The average Bonchev–Trinajstić information content (AvgIpc) is 3.31. The van der Waals surface area contributed by atoms with Crippen molar-refractivity contribution in [1.82, 2.24) is 0 Å². The molecular weight excluding hydrogens is 876 g/mol. The molecule has 388 valence electrons. The second-order valence-corrected chi connectivity index (χ2v) is 19.4. The summed E-state index contributed by atoms with van der Waals surface area (Å²) in [4.78, 5) is 35.8. The predicted octanol–water partition coefficient (Wildman–Crippen LogP) is 11.3. The molecule has 6 N–H and O–H groups in total. The fourth-order valence-electron chi connectivity index (χ4n) is 7.63. The van der Waals surface area contributed by atoms with Gasteiger partial charge in [0.25, 0.3) is 0 Å². The highest BCUT2D eigenvalue weighted by molar-refractivity contribution is 7.47. The number of carbonyl (C=O) groups excluding carboxylic acids is 2. The van der Waals surface area contributed by atoms with Crippen molar-refractivity contribution in [1.29, 1.82) is 0 Å². The quantitative estimate of drug-likeness (QED) is 0.0146. The Morgan fingerprint density at radius 2 is 0.821 bits per heavy atom. The molecule has 1 fully saturated rings. The Morgan fingerprint density at radius 3 is 1.28 bits per heavy atom. The minimum Gasteiger partial charge on any atom is -0.462 e. The lowest BCUT2D eigenvalue weighted by molar-refractivity contribution is -0.220. The molecule has 1 saturated carbocycles. The van der Waals surface area contributed by atoms with E-state index in [0.29, 0.717) is 19.3 Å². The van der Waals surface area contributed by atoms with Gasteiger partial charge in [-0.1, -0.05) is 177 Å². The predicted molar refractivity (Wildman–Crippen MR) is 267 cm³/mol. The number of unbranched alkanes of at least 4 members (excludes halogenated alkanes) is 21. The van der Waals surface area contributed by atoms with Gasteiger partial charge < -0.3 is 39.9 Å². The summed E-state index contributed by atoms with van der Waals surface area (Å²) in [6.45, 7) is 3.26. The van der Waals surface area contributed by atoms with Gasteiger partial charge in [0, 0.05) is 12.8 Å². The second kappa shape index (κ2) is 42.4. The minimum atomic E-state index is -5.14. The Balaban J connectivity index is 2.45. The largest absolute Gasteiger partial charge is 0.472 e. The molecule has 14 heteroatoms. The number of allylic oxidation sites excluding steroid dienone is 10. The Bertz CT molecular complexity index is 1400. The van der Waals surface area contributed by atoms with Gasteiger partial charge in [0.15, 0.2) is 6.10 Å². The van der Waals surface area contributed by atoms with Gasteiger partial charge in [-0.3, -0.25) is 18.6 Å². The average molecular weight is 969 g/mol. The number of aliphatic hydroxyl groups excluding tert-OH is 5. The number of phosphoric ester groups is 1. The molecule has 0 aromatic heterocycles. The van der Waals surface area contributed by atoms with E-state index in [0.717, 1.165) is 64.2 Å². The lowest BCUT2D eigenvalue weighted by Gasteiger charge is -2.41. The third kappa shape index (κ3) is 34.5. The number of carbonyl (C=O) groups is 2. The Kier molecular flexibility index (Phi) is 39.6. The van der Waals surface area contributed by atoms with Crippen LogP contribution >= 0.6 is 7.82 Å². The van der Waals surface area contributed by atoms with E-state index in [9.17, 15) is 44.6 Å². The van der Waals surface area contributed by atoms with E-state index in [1.165, 1.54) is 96.3 Å². The molecule has 0 aromatic carbocycles. The maximum atomic E-state index is 12.8. The van der Waals surface area contributed by atoms with Gasteiger partial charge in [-0.05, 0) is 77.0 Å². The molecule has 0 amide bonds. The maximum absolute atomic E-state index is 12.8. The molecule has 0 radical (unpaired) electrons. The topological polar surface area (TPSA) is 210 Å². The molecule has 0 aliphatic heterocycles. The van der Waals surface area contributed by atoms with Crippen LogP contribution in [0.25, 0.3) is 0 Å². The first-order valence-corrected chi connectivity index (χ1v) is 27.6. The van der Waals surface area contributed by atoms with Crippen molar-refractivity contribution in [3.05, 3.63) is 60.8 Å². The zero-order chi connectivity index (χ0) is 49.2. The SMILES string of the molecule is CCCCCCCC/C=C/CCCCCCCCCC(=O)O[C@@H](COC(=O)CCC/C=C/C/C=C/C/C=C/C/C=C/CCCCCCCCC)COP(=O)(O)OC1C(O)C(O)C(O)[C@H](O)C1O. The molecular formula is C53H93O13P. The number of phosphoric acid groups is 1. The van der Waals surface area contributed by atoms with Crippen molar-refractivity contribution >= 4 is 19.8 Å². The zero-order valence-electron chi connectivity index (χ0n) is 41.4. The number of hydrogen-bond acceptors (Lipinski definition) is 12. The summed E-state index contributed by atoms with van der Waals surface area (Å²) in [6, 6.07) is 0. The summed E-state index contributed by atoms with van der Waals surface area (Å²) in [6.07, 6.45) is 39.9. The van der Waals surface area contributed by atoms with E-state index in [1.54, 1.807) is 0 Å². The van der Waals surface area contributed by atoms with E-state index in [-0.39, 0.29) is 12.8 Å². The minimum absolute atomic E-state index is 0.0783. The fourth-order valence-corrected chi connectivity index (χ4v) is 8.60. The first kappa shape index (κ1) is 62.6. The summed E-state index contributed by atoms with van der Waals surface area (Å²) in [5.74, 6) is -1.17. The molecule has 13 nitrogen and oxygen atoms in total. The molecule has 8 atom stereocenters. The second-order valence-electron chi connectivity index (χ2n) is 18.0. The highest BCUT2D eigenvalue weighted by atomic mass is 31.2. The van der Waals surface area contributed by atoms with Crippen molar-refractivity contribution < 1.29 is 63.1 Å². The summed E-state index contributed by atoms with van der Waals surface area (Å²) in [7, 11) is -5.14. The van der Waals surface area contributed by atoms with Crippen molar-refractivity contribution in [2.75, 3.05) is 13.2 Å². The normalized spacial score (nSPS) is 21.6. The van der Waals surface area contributed by atoms with E-state index >= 15 is 0 Å². The van der Waals surface area contributed by atoms with Crippen LogP contribution in [-0.2, 0) is 32.7 Å². The van der Waals surface area contributed by atoms with Crippen LogP contribution in [0.3, 0.4) is 0 Å². The van der Waals surface area contributed by atoms with E-state index in [4.69, 9.17) is 18.5 Å². The molecule has 67 heavy (non-hydrogen) atoms. The van der Waals surface area contributed by atoms with Crippen LogP contribution in [0.15, 0.2) is 60.8 Å². The highest BCUT2D eigenvalue weighted by Gasteiger charge is 2.51. The molecule has 1 rings (SSSR count). The van der Waals surface area contributed by atoms with Gasteiger partial charge in [0.05, 0.1) is 6.61 Å². The third-order valence-electron chi connectivity index (χ3n) is 11.8. The maximum Gasteiger partial charge on any atom is 0.472 e. The third-order valence-corrected chi connectivity index (χ3v) is 12.8. The van der Waals surface area contributed by atoms with Gasteiger partial charge in [0.2, 0.25) is 0 Å². The summed E-state index contributed by atoms with van der Waals surface area (Å²) in [5, 5.41) is 50.3. The first-order valence-electron chi connectivity index (χ1n) is 26.1. The van der Waals surface area contributed by atoms with Crippen molar-refractivity contribution in [2.45, 2.75) is 249 Å². The van der Waals surface area contributed by atoms with Crippen LogP contribution in [0.4, 0.5) is 0 Å². The van der Waals surface area contributed by atoms with Crippen LogP contribution in [-0.4, -0.2) is 98.3 Å². The van der Waals surface area contributed by atoms with Crippen LogP contribution in [0.1, 0.15) is 206 Å². The molecule has 0 aromatic rings. The molecule has 1 aliphatic rings. The van der Waals surface area contributed by atoms with Crippen LogP contribution in [0.2, 0.25) is 0 Å². The fraction of sp³-hybridized carbons (Fsp3) is 0.774. The summed E-state index contributed by atoms with van der Waals surface area (Å²) < 4.78 is 33.6. The monoisotopic (exact) mass is 969 g/mol. The van der Waals surface area contributed by atoms with Gasteiger partial charge in [-0.25, -0.2) is 4.57 Å². The van der Waals surface area contributed by atoms with Gasteiger partial charge in [-0.15, -0.1) is 0 Å². The van der Waals surface area contributed by atoms with E-state index < -0.39 is 75.7 Å². The number of ether oxygens (including phenoxy) is 2. The highest BCUT2D eigenvalue weighted by Crippen LogP contribution is 2.47. The summed E-state index contributed by atoms with van der Waals surface area (Å²) in [5.41, 5.74) is 0. The standard InChI is InChI=1S/C53H93O13P/c1-3-5-7-9-11-13-15-17-19-21-22-23-24-26-27-29-31-33-35-37-39-41-46(54)63-43-45(44-64-67(61,62)66-53-51(59)49(57)48(56)50(58)52(53)60)65-47(55)42-40-38-36-34-32-30-28-25-20-18-16-14-12-10-8-6-4-2/h18-21,23-24,27,29,33,35,45,48-53,56-60H,3-17,22,25-26,28,30-32,34,36-44H2,1-2H3,(H,61,62)/b20-18+,21-19+,24-23+,29-27+,35-33+/t45-,48?,49-,50?,51?,52?,53?/m0/s1. The number of hydrogen-bond donors (Lipinski definition) is 6. The number of aliphatic hydroxyl groups is 5.